The minimum absolute atomic E-state index is 0.134. The van der Waals surface area contributed by atoms with Crippen LogP contribution in [0.1, 0.15) is 0 Å². The molecular formula is C18H20N4O4S. The molecule has 0 saturated carbocycles. The van der Waals surface area contributed by atoms with E-state index in [2.05, 4.69) is 14.9 Å². The number of nitrogens with zero attached hydrogens (tertiary/aromatic N) is 3. The first-order valence-electron chi connectivity index (χ1n) is 8.71. The van der Waals surface area contributed by atoms with Gasteiger partial charge < -0.3 is 18.9 Å². The highest BCUT2D eigenvalue weighted by Gasteiger charge is 2.16. The Kier molecular flexibility index (Phi) is 5.06. The zero-order valence-corrected chi connectivity index (χ0v) is 15.8. The fourth-order valence-corrected chi connectivity index (χ4v) is 3.54. The molecule has 0 atom stereocenters. The standard InChI is InChI=1S/C18H20N4O4S/c1-24-15-9-14-12(8-13(15)16-10-19-11-26-16)17(23)22(18(27)20-14)3-2-21-4-6-25-7-5-21/h8-11H,2-7H2,1H3,(H,20,27). The third kappa shape index (κ3) is 3.53. The van der Waals surface area contributed by atoms with Gasteiger partial charge in [-0.15, -0.1) is 0 Å². The molecule has 0 radical (unpaired) electrons. The highest BCUT2D eigenvalue weighted by molar-refractivity contribution is 7.71. The van der Waals surface area contributed by atoms with Crippen molar-refractivity contribution < 1.29 is 13.9 Å². The maximum atomic E-state index is 13.1. The quantitative estimate of drug-likeness (QED) is 0.670. The highest BCUT2D eigenvalue weighted by Crippen LogP contribution is 2.32. The molecule has 1 aromatic carbocycles. The number of hydrogen-bond acceptors (Lipinski definition) is 7. The highest BCUT2D eigenvalue weighted by atomic mass is 32.1. The average molecular weight is 388 g/mol. The van der Waals surface area contributed by atoms with Crippen molar-refractivity contribution in [3.05, 3.63) is 39.8 Å². The minimum Gasteiger partial charge on any atom is -0.496 e. The molecular weight excluding hydrogens is 368 g/mol. The maximum Gasteiger partial charge on any atom is 0.262 e. The summed E-state index contributed by atoms with van der Waals surface area (Å²) >= 11 is 5.42. The van der Waals surface area contributed by atoms with Gasteiger partial charge in [0.05, 0.1) is 43.0 Å². The maximum absolute atomic E-state index is 13.1. The first-order valence-corrected chi connectivity index (χ1v) is 9.12. The van der Waals surface area contributed by atoms with E-state index in [1.165, 1.54) is 6.39 Å². The Labute approximate surface area is 160 Å². The summed E-state index contributed by atoms with van der Waals surface area (Å²) in [5.41, 5.74) is 1.17. The number of aromatic amines is 1. The molecule has 1 saturated heterocycles. The van der Waals surface area contributed by atoms with Gasteiger partial charge in [-0.2, -0.15) is 0 Å². The lowest BCUT2D eigenvalue weighted by atomic mass is 10.1. The number of aromatic nitrogens is 3. The van der Waals surface area contributed by atoms with E-state index in [4.69, 9.17) is 26.1 Å². The van der Waals surface area contributed by atoms with Crippen LogP contribution in [0, 0.1) is 4.77 Å². The second kappa shape index (κ2) is 7.63. The molecule has 1 N–H and O–H groups in total. The number of H-pyrrole nitrogens is 1. The molecule has 1 fully saturated rings. The number of morpholine rings is 1. The molecule has 0 spiro atoms. The van der Waals surface area contributed by atoms with Crippen molar-refractivity contribution in [1.82, 2.24) is 19.4 Å². The van der Waals surface area contributed by atoms with E-state index in [0.717, 1.165) is 32.8 Å². The summed E-state index contributed by atoms with van der Waals surface area (Å²) in [4.78, 5) is 22.4. The second-order valence-electron chi connectivity index (χ2n) is 6.30. The summed E-state index contributed by atoms with van der Waals surface area (Å²) in [5, 5.41) is 0.526. The Morgan fingerprint density at radius 3 is 2.81 bits per heavy atom. The first-order chi connectivity index (χ1) is 13.2. The molecule has 8 nitrogen and oxygen atoms in total. The smallest absolute Gasteiger partial charge is 0.262 e. The Bertz CT molecular complexity index is 1050. The number of benzene rings is 1. The molecule has 9 heteroatoms. The number of ether oxygens (including phenoxy) is 2. The summed E-state index contributed by atoms with van der Waals surface area (Å²) in [6, 6.07) is 3.52. The van der Waals surface area contributed by atoms with Crippen LogP contribution in [0.25, 0.3) is 22.2 Å². The molecule has 27 heavy (non-hydrogen) atoms. The topological polar surface area (TPSA) is 85.5 Å². The van der Waals surface area contributed by atoms with Crippen LogP contribution in [0.4, 0.5) is 0 Å². The molecule has 1 aliphatic rings. The Balaban J connectivity index is 1.75. The SMILES string of the molecule is COc1cc2[nH]c(=S)n(CCN3CCOCC3)c(=O)c2cc1-c1cnco1. The third-order valence-corrected chi connectivity index (χ3v) is 5.07. The van der Waals surface area contributed by atoms with Gasteiger partial charge in [-0.3, -0.25) is 14.3 Å². The van der Waals surface area contributed by atoms with Crippen LogP contribution in [-0.2, 0) is 11.3 Å². The fraction of sp³-hybridized carbons (Fsp3) is 0.389. The predicted octanol–water partition coefficient (Wildman–Crippen LogP) is 2.05. The van der Waals surface area contributed by atoms with Crippen molar-refractivity contribution in [2.75, 3.05) is 40.0 Å². The number of rotatable bonds is 5. The van der Waals surface area contributed by atoms with E-state index in [1.54, 1.807) is 30.0 Å². The lowest BCUT2D eigenvalue weighted by Gasteiger charge is -2.26. The van der Waals surface area contributed by atoms with Crippen LogP contribution < -0.4 is 10.3 Å². The molecule has 0 bridgehead atoms. The molecule has 0 aliphatic carbocycles. The Hall–Kier alpha value is -2.49. The molecule has 2 aromatic heterocycles. The van der Waals surface area contributed by atoms with Crippen molar-refractivity contribution in [3.63, 3.8) is 0 Å². The minimum atomic E-state index is -0.134. The van der Waals surface area contributed by atoms with Crippen LogP contribution in [0.2, 0.25) is 0 Å². The molecule has 0 amide bonds. The number of nitrogens with one attached hydrogen (secondary N) is 1. The van der Waals surface area contributed by atoms with Gasteiger partial charge in [0.1, 0.15) is 5.75 Å². The summed E-state index contributed by atoms with van der Waals surface area (Å²) in [6.07, 6.45) is 2.93. The molecule has 4 rings (SSSR count). The van der Waals surface area contributed by atoms with Gasteiger partial charge in [-0.05, 0) is 18.3 Å². The monoisotopic (exact) mass is 388 g/mol. The van der Waals surface area contributed by atoms with Crippen LogP contribution >= 0.6 is 12.2 Å². The predicted molar refractivity (Wildman–Crippen MR) is 103 cm³/mol. The Morgan fingerprint density at radius 2 is 2.11 bits per heavy atom. The Morgan fingerprint density at radius 1 is 1.30 bits per heavy atom. The lowest BCUT2D eigenvalue weighted by Crippen LogP contribution is -2.39. The fourth-order valence-electron chi connectivity index (χ4n) is 3.26. The normalized spacial score (nSPS) is 15.3. The van der Waals surface area contributed by atoms with E-state index in [0.29, 0.717) is 39.3 Å². The van der Waals surface area contributed by atoms with Crippen molar-refractivity contribution in [2.24, 2.45) is 0 Å². The van der Waals surface area contributed by atoms with Crippen molar-refractivity contribution in [3.8, 4) is 17.1 Å². The van der Waals surface area contributed by atoms with Crippen molar-refractivity contribution in [2.45, 2.75) is 6.54 Å². The zero-order chi connectivity index (χ0) is 18.8. The molecule has 3 heterocycles. The number of methoxy groups -OCH3 is 1. The summed E-state index contributed by atoms with van der Waals surface area (Å²) in [6.45, 7) is 4.45. The van der Waals surface area contributed by atoms with Crippen LogP contribution in [0.5, 0.6) is 5.75 Å². The molecule has 3 aromatic rings. The zero-order valence-electron chi connectivity index (χ0n) is 14.9. The van der Waals surface area contributed by atoms with Gasteiger partial charge in [0.15, 0.2) is 16.9 Å². The van der Waals surface area contributed by atoms with Crippen molar-refractivity contribution >= 4 is 23.1 Å². The summed E-state index contributed by atoms with van der Waals surface area (Å²) < 4.78 is 18.2. The van der Waals surface area contributed by atoms with E-state index in [9.17, 15) is 4.79 Å². The van der Waals surface area contributed by atoms with Gasteiger partial charge in [0.2, 0.25) is 0 Å². The molecule has 0 unspecified atom stereocenters. The van der Waals surface area contributed by atoms with Crippen LogP contribution in [-0.4, -0.2) is 59.4 Å². The summed E-state index contributed by atoms with van der Waals surface area (Å²) in [7, 11) is 1.57. The van der Waals surface area contributed by atoms with E-state index in [1.807, 2.05) is 0 Å². The van der Waals surface area contributed by atoms with Gasteiger partial charge in [0, 0.05) is 32.2 Å². The number of fused-ring (bicyclic) bond motifs is 1. The largest absolute Gasteiger partial charge is 0.496 e. The van der Waals surface area contributed by atoms with Gasteiger partial charge in [0.25, 0.3) is 5.56 Å². The van der Waals surface area contributed by atoms with E-state index >= 15 is 0 Å². The summed E-state index contributed by atoms with van der Waals surface area (Å²) in [5.74, 6) is 1.12. The van der Waals surface area contributed by atoms with E-state index < -0.39 is 0 Å². The molecule has 1 aliphatic heterocycles. The van der Waals surface area contributed by atoms with Crippen LogP contribution in [0.15, 0.2) is 33.9 Å². The second-order valence-corrected chi connectivity index (χ2v) is 6.69. The molecule has 142 valence electrons. The van der Waals surface area contributed by atoms with Gasteiger partial charge in [-0.1, -0.05) is 0 Å². The first kappa shape index (κ1) is 17.9. The number of hydrogen-bond donors (Lipinski definition) is 1. The van der Waals surface area contributed by atoms with Gasteiger partial charge >= 0.3 is 0 Å². The third-order valence-electron chi connectivity index (χ3n) is 4.74. The number of oxazole rings is 1. The van der Waals surface area contributed by atoms with E-state index in [-0.39, 0.29) is 5.56 Å². The van der Waals surface area contributed by atoms with Crippen molar-refractivity contribution in [1.29, 1.82) is 0 Å². The average Bonchev–Trinajstić information content (AvgIpc) is 3.22. The lowest BCUT2D eigenvalue weighted by molar-refractivity contribution is 0.0362. The van der Waals surface area contributed by atoms with Crippen LogP contribution in [0.3, 0.4) is 0 Å². The van der Waals surface area contributed by atoms with Gasteiger partial charge in [-0.25, -0.2) is 4.98 Å².